The third-order valence-electron chi connectivity index (χ3n) is 2.33. The number of carbonyl (C=O) groups excluding carboxylic acids is 1. The molecule has 0 aromatic heterocycles. The molecule has 0 N–H and O–H groups in total. The Morgan fingerprint density at radius 2 is 2.27 bits per heavy atom. The summed E-state index contributed by atoms with van der Waals surface area (Å²) < 4.78 is 10.8. The zero-order valence-electron chi connectivity index (χ0n) is 6.58. The van der Waals surface area contributed by atoms with Crippen LogP contribution in [0.3, 0.4) is 0 Å². The zero-order chi connectivity index (χ0) is 7.84. The van der Waals surface area contributed by atoms with Crippen molar-refractivity contribution < 1.29 is 14.3 Å². The molecular weight excluding hydrogens is 144 g/mol. The molecular formula is C8H12O3. The Labute approximate surface area is 65.7 Å². The standard InChI is InChI=1S/C8H12O3/c1-5-4-10-8-3-6(9)2-7(5)11-8/h5,7-8H,2-4H2,1H3/t5-,7+,8-/m1/s1. The van der Waals surface area contributed by atoms with E-state index in [9.17, 15) is 4.79 Å². The predicted molar refractivity (Wildman–Crippen MR) is 38.0 cm³/mol. The number of Topliss-reactive ketones (excluding diaryl/α,β-unsaturated/α-hetero) is 1. The summed E-state index contributed by atoms with van der Waals surface area (Å²) in [6.45, 7) is 2.79. The molecule has 3 nitrogen and oxygen atoms in total. The van der Waals surface area contributed by atoms with Gasteiger partial charge in [-0.2, -0.15) is 0 Å². The Hall–Kier alpha value is -0.410. The average Bonchev–Trinajstić information content (AvgIpc) is 1.97. The van der Waals surface area contributed by atoms with Crippen LogP contribution in [-0.2, 0) is 14.3 Å². The molecule has 2 heterocycles. The summed E-state index contributed by atoms with van der Waals surface area (Å²) in [5, 5.41) is 0. The van der Waals surface area contributed by atoms with Gasteiger partial charge in [-0.15, -0.1) is 0 Å². The highest BCUT2D eigenvalue weighted by atomic mass is 16.7. The normalized spacial score (nSPS) is 44.1. The van der Waals surface area contributed by atoms with Crippen LogP contribution in [-0.4, -0.2) is 24.8 Å². The van der Waals surface area contributed by atoms with E-state index in [1.807, 2.05) is 0 Å². The SMILES string of the molecule is C[C@@H]1CO[C@H]2CC(=O)C[C@@H]1O2. The van der Waals surface area contributed by atoms with Gasteiger partial charge in [-0.1, -0.05) is 6.92 Å². The Morgan fingerprint density at radius 3 is 3.09 bits per heavy atom. The number of hydrogen-bond donors (Lipinski definition) is 0. The van der Waals surface area contributed by atoms with Gasteiger partial charge in [-0.25, -0.2) is 0 Å². The molecule has 11 heavy (non-hydrogen) atoms. The maximum atomic E-state index is 11.1. The Kier molecular flexibility index (Phi) is 1.69. The highest BCUT2D eigenvalue weighted by Crippen LogP contribution is 2.27. The molecule has 0 saturated carbocycles. The lowest BCUT2D eigenvalue weighted by Gasteiger charge is -2.38. The Bertz CT molecular complexity index is 178. The van der Waals surface area contributed by atoms with E-state index in [-0.39, 0.29) is 18.2 Å². The van der Waals surface area contributed by atoms with Gasteiger partial charge in [0.25, 0.3) is 0 Å². The van der Waals surface area contributed by atoms with E-state index in [2.05, 4.69) is 6.92 Å². The molecule has 2 bridgehead atoms. The second kappa shape index (κ2) is 2.57. The number of ketones is 1. The summed E-state index contributed by atoms with van der Waals surface area (Å²) in [6, 6.07) is 0. The molecule has 2 fully saturated rings. The minimum Gasteiger partial charge on any atom is -0.352 e. The summed E-state index contributed by atoms with van der Waals surface area (Å²) >= 11 is 0. The molecule has 0 unspecified atom stereocenters. The van der Waals surface area contributed by atoms with Crippen LogP contribution in [0, 0.1) is 5.92 Å². The minimum atomic E-state index is -0.238. The van der Waals surface area contributed by atoms with Gasteiger partial charge in [0.15, 0.2) is 6.29 Å². The number of rotatable bonds is 0. The third kappa shape index (κ3) is 1.30. The number of fused-ring (bicyclic) bond motifs is 2. The van der Waals surface area contributed by atoms with Crippen molar-refractivity contribution in [2.24, 2.45) is 5.92 Å². The van der Waals surface area contributed by atoms with Crippen molar-refractivity contribution in [2.75, 3.05) is 6.61 Å². The van der Waals surface area contributed by atoms with Crippen LogP contribution in [0.2, 0.25) is 0 Å². The molecule has 0 spiro atoms. The largest absolute Gasteiger partial charge is 0.352 e. The molecule has 2 aliphatic heterocycles. The van der Waals surface area contributed by atoms with E-state index in [1.54, 1.807) is 0 Å². The van der Waals surface area contributed by atoms with Crippen molar-refractivity contribution in [1.82, 2.24) is 0 Å². The van der Waals surface area contributed by atoms with Crippen molar-refractivity contribution in [3.05, 3.63) is 0 Å². The molecule has 2 saturated heterocycles. The molecule has 0 aromatic rings. The summed E-state index contributed by atoms with van der Waals surface area (Å²) in [4.78, 5) is 11.1. The molecule has 3 heteroatoms. The second-order valence-corrected chi connectivity index (χ2v) is 3.36. The second-order valence-electron chi connectivity index (χ2n) is 3.36. The molecule has 0 aromatic carbocycles. The van der Waals surface area contributed by atoms with Gasteiger partial charge in [0, 0.05) is 12.3 Å². The van der Waals surface area contributed by atoms with Gasteiger partial charge in [0.2, 0.25) is 0 Å². The average molecular weight is 156 g/mol. The Morgan fingerprint density at radius 1 is 1.45 bits per heavy atom. The molecule has 2 rings (SSSR count). The van der Waals surface area contributed by atoms with Crippen LogP contribution in [0.25, 0.3) is 0 Å². The molecule has 2 aliphatic rings. The maximum absolute atomic E-state index is 11.1. The van der Waals surface area contributed by atoms with Crippen molar-refractivity contribution in [1.29, 1.82) is 0 Å². The van der Waals surface area contributed by atoms with Crippen LogP contribution in [0.15, 0.2) is 0 Å². The predicted octanol–water partition coefficient (Wildman–Crippen LogP) is 0.727. The first-order chi connectivity index (χ1) is 5.25. The minimum absolute atomic E-state index is 0.120. The molecule has 0 radical (unpaired) electrons. The topological polar surface area (TPSA) is 35.5 Å². The van der Waals surface area contributed by atoms with Gasteiger partial charge in [-0.3, -0.25) is 4.79 Å². The van der Waals surface area contributed by atoms with Gasteiger partial charge >= 0.3 is 0 Å². The van der Waals surface area contributed by atoms with Crippen molar-refractivity contribution in [3.63, 3.8) is 0 Å². The van der Waals surface area contributed by atoms with Crippen LogP contribution >= 0.6 is 0 Å². The maximum Gasteiger partial charge on any atom is 0.164 e. The van der Waals surface area contributed by atoms with Crippen LogP contribution in [0.4, 0.5) is 0 Å². The van der Waals surface area contributed by atoms with E-state index in [0.717, 1.165) is 6.61 Å². The van der Waals surface area contributed by atoms with E-state index in [0.29, 0.717) is 18.8 Å². The lowest BCUT2D eigenvalue weighted by Crippen LogP contribution is -2.45. The summed E-state index contributed by atoms with van der Waals surface area (Å²) in [5.74, 6) is 0.647. The summed E-state index contributed by atoms with van der Waals surface area (Å²) in [5.41, 5.74) is 0. The summed E-state index contributed by atoms with van der Waals surface area (Å²) in [7, 11) is 0. The van der Waals surface area contributed by atoms with E-state index in [1.165, 1.54) is 0 Å². The monoisotopic (exact) mass is 156 g/mol. The van der Waals surface area contributed by atoms with E-state index in [4.69, 9.17) is 9.47 Å². The first-order valence-corrected chi connectivity index (χ1v) is 4.04. The van der Waals surface area contributed by atoms with E-state index >= 15 is 0 Å². The molecule has 0 aliphatic carbocycles. The van der Waals surface area contributed by atoms with Gasteiger partial charge < -0.3 is 9.47 Å². The summed E-state index contributed by atoms with van der Waals surface area (Å²) in [6.07, 6.45) is 0.914. The lowest BCUT2D eigenvalue weighted by atomic mass is 9.95. The Balaban J connectivity index is 2.08. The zero-order valence-corrected chi connectivity index (χ0v) is 6.58. The fraction of sp³-hybridized carbons (Fsp3) is 0.875. The highest BCUT2D eigenvalue weighted by molar-refractivity contribution is 5.80. The van der Waals surface area contributed by atoms with E-state index < -0.39 is 0 Å². The van der Waals surface area contributed by atoms with Gasteiger partial charge in [0.05, 0.1) is 19.1 Å². The smallest absolute Gasteiger partial charge is 0.164 e. The van der Waals surface area contributed by atoms with Crippen LogP contribution in [0.5, 0.6) is 0 Å². The van der Waals surface area contributed by atoms with Crippen molar-refractivity contribution in [2.45, 2.75) is 32.2 Å². The van der Waals surface area contributed by atoms with Crippen LogP contribution in [0.1, 0.15) is 19.8 Å². The molecule has 0 amide bonds. The van der Waals surface area contributed by atoms with Gasteiger partial charge in [0.1, 0.15) is 5.78 Å². The fourth-order valence-corrected chi connectivity index (χ4v) is 1.58. The first kappa shape index (κ1) is 7.25. The van der Waals surface area contributed by atoms with Crippen molar-refractivity contribution in [3.8, 4) is 0 Å². The lowest BCUT2D eigenvalue weighted by molar-refractivity contribution is -0.246. The van der Waals surface area contributed by atoms with Crippen molar-refractivity contribution >= 4 is 5.78 Å². The fourth-order valence-electron chi connectivity index (χ4n) is 1.58. The third-order valence-corrected chi connectivity index (χ3v) is 2.33. The number of hydrogen-bond acceptors (Lipinski definition) is 3. The first-order valence-electron chi connectivity index (χ1n) is 4.04. The van der Waals surface area contributed by atoms with Gasteiger partial charge in [-0.05, 0) is 0 Å². The number of ether oxygens (including phenoxy) is 2. The molecule has 3 atom stereocenters. The molecule has 62 valence electrons. The highest BCUT2D eigenvalue weighted by Gasteiger charge is 2.36. The quantitative estimate of drug-likeness (QED) is 0.518. The van der Waals surface area contributed by atoms with Crippen LogP contribution < -0.4 is 0 Å². The number of carbonyl (C=O) groups is 1.